The van der Waals surface area contributed by atoms with Crippen LogP contribution in [0.25, 0.3) is 23.0 Å². The molecule has 0 aliphatic carbocycles. The van der Waals surface area contributed by atoms with Crippen LogP contribution in [0.1, 0.15) is 18.9 Å². The number of aliphatic carboxylic acids is 1. The number of carbonyl (C=O) groups is 2. The van der Waals surface area contributed by atoms with Gasteiger partial charge in [0, 0.05) is 23.9 Å². The summed E-state index contributed by atoms with van der Waals surface area (Å²) in [5.74, 6) is -1.75. The van der Waals surface area contributed by atoms with Crippen LogP contribution in [0.15, 0.2) is 59.6 Å². The lowest BCUT2D eigenvalue weighted by molar-refractivity contribution is -0.137. The van der Waals surface area contributed by atoms with Crippen LogP contribution in [0.2, 0.25) is 0 Å². The van der Waals surface area contributed by atoms with Gasteiger partial charge >= 0.3 is 5.97 Å². The third-order valence-electron chi connectivity index (χ3n) is 4.98. The second-order valence-corrected chi connectivity index (χ2v) is 8.94. The minimum atomic E-state index is -1.01. The van der Waals surface area contributed by atoms with E-state index >= 15 is 0 Å². The van der Waals surface area contributed by atoms with Crippen molar-refractivity contribution in [3.05, 3.63) is 71.0 Å². The van der Waals surface area contributed by atoms with E-state index in [9.17, 15) is 14.0 Å². The molecule has 174 valence electrons. The molecular formula is C24H20FN3O4S2. The number of nitrogens with zero attached hydrogens (tertiary/aromatic N) is 3. The van der Waals surface area contributed by atoms with E-state index < -0.39 is 11.8 Å². The Hall–Kier alpha value is -3.50. The summed E-state index contributed by atoms with van der Waals surface area (Å²) in [6, 6.07) is 14.0. The number of hydrogen-bond acceptors (Lipinski definition) is 6. The van der Waals surface area contributed by atoms with Gasteiger partial charge in [0.2, 0.25) is 0 Å². The van der Waals surface area contributed by atoms with Crippen molar-refractivity contribution in [2.75, 3.05) is 13.2 Å². The minimum Gasteiger partial charge on any atom is -0.491 e. The van der Waals surface area contributed by atoms with Crippen LogP contribution < -0.4 is 4.74 Å². The molecule has 34 heavy (non-hydrogen) atoms. The summed E-state index contributed by atoms with van der Waals surface area (Å²) in [4.78, 5) is 25.4. The number of carboxylic acids is 1. The van der Waals surface area contributed by atoms with Gasteiger partial charge in [0.1, 0.15) is 10.0 Å². The van der Waals surface area contributed by atoms with E-state index in [2.05, 4.69) is 5.10 Å². The molecule has 0 unspecified atom stereocenters. The summed E-state index contributed by atoms with van der Waals surface area (Å²) in [6.07, 6.45) is 3.20. The first-order valence-electron chi connectivity index (χ1n) is 10.4. The van der Waals surface area contributed by atoms with Gasteiger partial charge in [0.05, 0.1) is 23.6 Å². The molecule has 1 aromatic heterocycles. The van der Waals surface area contributed by atoms with Crippen molar-refractivity contribution >= 4 is 46.3 Å². The highest BCUT2D eigenvalue weighted by molar-refractivity contribution is 8.26. The summed E-state index contributed by atoms with van der Waals surface area (Å²) in [6.45, 7) is 2.12. The second kappa shape index (κ2) is 10.2. The van der Waals surface area contributed by atoms with Crippen molar-refractivity contribution in [2.45, 2.75) is 13.3 Å². The third kappa shape index (κ3) is 5.02. The Morgan fingerprint density at radius 3 is 2.71 bits per heavy atom. The molecule has 0 radical (unpaired) electrons. The highest BCUT2D eigenvalue weighted by atomic mass is 32.2. The molecule has 3 aromatic rings. The molecular weight excluding hydrogens is 477 g/mol. The number of para-hydroxylation sites is 1. The molecule has 4 rings (SSSR count). The van der Waals surface area contributed by atoms with E-state index in [1.54, 1.807) is 36.0 Å². The van der Waals surface area contributed by atoms with Gasteiger partial charge in [-0.1, -0.05) is 42.2 Å². The fraction of sp³-hybridized carbons (Fsp3) is 0.167. The summed E-state index contributed by atoms with van der Waals surface area (Å²) in [5, 5.41) is 13.6. The van der Waals surface area contributed by atoms with E-state index in [-0.39, 0.29) is 24.6 Å². The Morgan fingerprint density at radius 2 is 2.03 bits per heavy atom. The predicted molar refractivity (Wildman–Crippen MR) is 132 cm³/mol. The van der Waals surface area contributed by atoms with Crippen molar-refractivity contribution < 1.29 is 23.8 Å². The number of thioether (sulfide) groups is 1. The Labute approximate surface area is 204 Å². The fourth-order valence-electron chi connectivity index (χ4n) is 3.39. The van der Waals surface area contributed by atoms with Gasteiger partial charge in [0.15, 0.2) is 11.6 Å². The summed E-state index contributed by atoms with van der Waals surface area (Å²) < 4.78 is 21.8. The van der Waals surface area contributed by atoms with Gasteiger partial charge in [-0.2, -0.15) is 5.10 Å². The van der Waals surface area contributed by atoms with Crippen LogP contribution in [-0.4, -0.2) is 49.1 Å². The van der Waals surface area contributed by atoms with Crippen molar-refractivity contribution in [1.82, 2.24) is 14.7 Å². The Morgan fingerprint density at radius 1 is 1.26 bits per heavy atom. The lowest BCUT2D eigenvalue weighted by Crippen LogP contribution is -2.30. The molecule has 1 N–H and O–H groups in total. The smallest absolute Gasteiger partial charge is 0.305 e. The Bertz CT molecular complexity index is 1290. The standard InChI is InChI=1S/C24H20FN3O4S2/c1-2-32-19-9-8-15(12-18(19)25)22-16(14-28(26-22)17-6-4-3-5-7-17)13-20-23(31)27(24(33)34-20)11-10-21(29)30/h3-9,12-14H,2,10-11H2,1H3,(H,29,30)/b20-13-. The highest BCUT2D eigenvalue weighted by Crippen LogP contribution is 2.35. The van der Waals surface area contributed by atoms with E-state index in [0.29, 0.717) is 32.7 Å². The molecule has 1 saturated heterocycles. The fourth-order valence-corrected chi connectivity index (χ4v) is 4.69. The Balaban J connectivity index is 1.75. The molecule has 10 heteroatoms. The average Bonchev–Trinajstić information content (AvgIpc) is 3.35. The molecule has 1 fully saturated rings. The van der Waals surface area contributed by atoms with Crippen LogP contribution in [0.4, 0.5) is 4.39 Å². The number of hydrogen-bond donors (Lipinski definition) is 1. The van der Waals surface area contributed by atoms with E-state index in [0.717, 1.165) is 17.4 Å². The highest BCUT2D eigenvalue weighted by Gasteiger charge is 2.32. The first-order valence-corrected chi connectivity index (χ1v) is 11.6. The number of carbonyl (C=O) groups excluding carboxylic acids is 1. The molecule has 0 bridgehead atoms. The van der Waals surface area contributed by atoms with Gasteiger partial charge in [-0.25, -0.2) is 9.07 Å². The van der Waals surface area contributed by atoms with Crippen molar-refractivity contribution in [2.24, 2.45) is 0 Å². The monoisotopic (exact) mass is 497 g/mol. The van der Waals surface area contributed by atoms with E-state index in [1.165, 1.54) is 11.0 Å². The molecule has 0 spiro atoms. The molecule has 1 amide bonds. The van der Waals surface area contributed by atoms with Gasteiger partial charge in [0.25, 0.3) is 5.91 Å². The number of thiocarbonyl (C=S) groups is 1. The van der Waals surface area contributed by atoms with Gasteiger partial charge < -0.3 is 9.84 Å². The number of amides is 1. The zero-order chi connectivity index (χ0) is 24.2. The Kier molecular flexibility index (Phi) is 7.09. The SMILES string of the molecule is CCOc1ccc(-c2nn(-c3ccccc3)cc2/C=C2\SC(=S)N(CCC(=O)O)C2=O)cc1F. The molecule has 7 nitrogen and oxygen atoms in total. The lowest BCUT2D eigenvalue weighted by atomic mass is 10.1. The number of halogens is 1. The molecule has 2 aromatic carbocycles. The summed E-state index contributed by atoms with van der Waals surface area (Å²) in [7, 11) is 0. The van der Waals surface area contributed by atoms with Gasteiger partial charge in [-0.3, -0.25) is 14.5 Å². The summed E-state index contributed by atoms with van der Waals surface area (Å²) in [5.41, 5.74) is 2.37. The van der Waals surface area contributed by atoms with Crippen molar-refractivity contribution in [3.63, 3.8) is 0 Å². The van der Waals surface area contributed by atoms with Crippen molar-refractivity contribution in [3.8, 4) is 22.7 Å². The number of rotatable bonds is 8. The van der Waals surface area contributed by atoms with Gasteiger partial charge in [-0.05, 0) is 43.3 Å². The summed E-state index contributed by atoms with van der Waals surface area (Å²) >= 11 is 6.37. The number of carboxylic acid groups (broad SMARTS) is 1. The maximum Gasteiger partial charge on any atom is 0.305 e. The molecule has 2 heterocycles. The first-order chi connectivity index (χ1) is 16.4. The van der Waals surface area contributed by atoms with Gasteiger partial charge in [-0.15, -0.1) is 0 Å². The van der Waals surface area contributed by atoms with E-state index in [4.69, 9.17) is 22.1 Å². The quantitative estimate of drug-likeness (QED) is 0.355. The maximum absolute atomic E-state index is 14.6. The number of benzene rings is 2. The first kappa shape index (κ1) is 23.7. The molecule has 0 atom stereocenters. The second-order valence-electron chi connectivity index (χ2n) is 7.27. The predicted octanol–water partition coefficient (Wildman–Crippen LogP) is 4.75. The maximum atomic E-state index is 14.6. The molecule has 1 aliphatic rings. The third-order valence-corrected chi connectivity index (χ3v) is 6.36. The lowest BCUT2D eigenvalue weighted by Gasteiger charge is -2.12. The molecule has 1 aliphatic heterocycles. The van der Waals surface area contributed by atoms with Crippen LogP contribution in [0.3, 0.4) is 0 Å². The van der Waals surface area contributed by atoms with Crippen molar-refractivity contribution in [1.29, 1.82) is 0 Å². The van der Waals surface area contributed by atoms with Crippen LogP contribution in [-0.2, 0) is 9.59 Å². The van der Waals surface area contributed by atoms with Crippen LogP contribution >= 0.6 is 24.0 Å². The van der Waals surface area contributed by atoms with E-state index in [1.807, 2.05) is 30.3 Å². The molecule has 0 saturated carbocycles. The number of ether oxygens (including phenoxy) is 1. The zero-order valence-corrected chi connectivity index (χ0v) is 19.7. The van der Waals surface area contributed by atoms with Crippen LogP contribution in [0, 0.1) is 5.82 Å². The number of aromatic nitrogens is 2. The average molecular weight is 498 g/mol. The van der Waals surface area contributed by atoms with Crippen LogP contribution in [0.5, 0.6) is 5.75 Å². The largest absolute Gasteiger partial charge is 0.491 e. The topological polar surface area (TPSA) is 84.7 Å². The minimum absolute atomic E-state index is 0.00240. The zero-order valence-electron chi connectivity index (χ0n) is 18.1. The normalized spacial score (nSPS) is 14.8.